The summed E-state index contributed by atoms with van der Waals surface area (Å²) >= 11 is 0. The number of rotatable bonds is 9. The molecule has 2 rings (SSSR count). The standard InChI is InChI=1S/C23H26N2O3/c1-4-5-8-13-28-21-12-11-18(15-22(21)27-3)14-19(16-24)23(26)25-20-10-7-6-9-17(20)2/h6-7,9-12,14-15H,4-5,8,13H2,1-3H3,(H,25,26)/b19-14-. The maximum atomic E-state index is 12.5. The molecule has 0 heterocycles. The second-order valence-electron chi connectivity index (χ2n) is 6.40. The van der Waals surface area contributed by atoms with Gasteiger partial charge in [0.05, 0.1) is 13.7 Å². The number of nitriles is 1. The van der Waals surface area contributed by atoms with Crippen LogP contribution in [0.1, 0.15) is 37.3 Å². The highest BCUT2D eigenvalue weighted by Gasteiger charge is 2.12. The van der Waals surface area contributed by atoms with Crippen LogP contribution in [0.4, 0.5) is 5.69 Å². The second-order valence-corrected chi connectivity index (χ2v) is 6.40. The average molecular weight is 378 g/mol. The fraction of sp³-hybridized carbons (Fsp3) is 0.304. The summed E-state index contributed by atoms with van der Waals surface area (Å²) in [6.07, 6.45) is 4.77. The summed E-state index contributed by atoms with van der Waals surface area (Å²) in [4.78, 5) is 12.5. The molecule has 28 heavy (non-hydrogen) atoms. The number of carbonyl (C=O) groups excluding carboxylic acids is 1. The minimum Gasteiger partial charge on any atom is -0.493 e. The van der Waals surface area contributed by atoms with E-state index in [0.717, 1.165) is 24.8 Å². The van der Waals surface area contributed by atoms with Crippen molar-refractivity contribution in [3.63, 3.8) is 0 Å². The number of methoxy groups -OCH3 is 1. The Labute approximate surface area is 166 Å². The molecule has 5 nitrogen and oxygen atoms in total. The number of ether oxygens (including phenoxy) is 2. The Morgan fingerprint density at radius 3 is 2.64 bits per heavy atom. The average Bonchev–Trinajstić information content (AvgIpc) is 2.71. The van der Waals surface area contributed by atoms with E-state index in [1.54, 1.807) is 31.4 Å². The van der Waals surface area contributed by atoms with Gasteiger partial charge in [0.1, 0.15) is 11.6 Å². The van der Waals surface area contributed by atoms with Crippen molar-refractivity contribution < 1.29 is 14.3 Å². The molecule has 0 saturated heterocycles. The van der Waals surface area contributed by atoms with Gasteiger partial charge in [0.15, 0.2) is 11.5 Å². The number of nitrogens with zero attached hydrogens (tertiary/aromatic N) is 1. The van der Waals surface area contributed by atoms with Crippen LogP contribution < -0.4 is 14.8 Å². The van der Waals surface area contributed by atoms with E-state index in [4.69, 9.17) is 9.47 Å². The van der Waals surface area contributed by atoms with Crippen molar-refractivity contribution in [2.24, 2.45) is 0 Å². The highest BCUT2D eigenvalue weighted by Crippen LogP contribution is 2.29. The lowest BCUT2D eigenvalue weighted by molar-refractivity contribution is -0.112. The van der Waals surface area contributed by atoms with E-state index < -0.39 is 5.91 Å². The van der Waals surface area contributed by atoms with Gasteiger partial charge < -0.3 is 14.8 Å². The SMILES string of the molecule is CCCCCOc1ccc(/C=C(/C#N)C(=O)Nc2ccccc2C)cc1OC. The molecule has 0 spiro atoms. The third kappa shape index (κ3) is 5.88. The van der Waals surface area contributed by atoms with E-state index >= 15 is 0 Å². The van der Waals surface area contributed by atoms with E-state index in [0.29, 0.717) is 29.4 Å². The molecule has 0 unspecified atom stereocenters. The Balaban J connectivity index is 2.15. The van der Waals surface area contributed by atoms with Gasteiger partial charge in [0.25, 0.3) is 5.91 Å². The summed E-state index contributed by atoms with van der Waals surface area (Å²) in [6.45, 7) is 4.67. The zero-order valence-electron chi connectivity index (χ0n) is 16.6. The summed E-state index contributed by atoms with van der Waals surface area (Å²) in [6, 6.07) is 14.8. The van der Waals surface area contributed by atoms with Crippen LogP contribution in [0.25, 0.3) is 6.08 Å². The normalized spacial score (nSPS) is 10.9. The Kier molecular flexibility index (Phi) is 8.11. The number of aryl methyl sites for hydroxylation is 1. The van der Waals surface area contributed by atoms with Crippen LogP contribution in [-0.4, -0.2) is 19.6 Å². The van der Waals surface area contributed by atoms with E-state index in [1.807, 2.05) is 31.2 Å². The molecule has 1 N–H and O–H groups in total. The first-order chi connectivity index (χ1) is 13.6. The van der Waals surface area contributed by atoms with Crippen LogP contribution in [0.3, 0.4) is 0 Å². The largest absolute Gasteiger partial charge is 0.493 e. The van der Waals surface area contributed by atoms with Crippen LogP contribution in [0.15, 0.2) is 48.0 Å². The molecule has 0 aliphatic heterocycles. The number of nitrogens with one attached hydrogen (secondary N) is 1. The van der Waals surface area contributed by atoms with Gasteiger partial charge >= 0.3 is 0 Å². The second kappa shape index (κ2) is 10.8. The molecule has 146 valence electrons. The van der Waals surface area contributed by atoms with Gasteiger partial charge in [-0.15, -0.1) is 0 Å². The zero-order valence-corrected chi connectivity index (χ0v) is 16.6. The van der Waals surface area contributed by atoms with E-state index in [9.17, 15) is 10.1 Å². The quantitative estimate of drug-likeness (QED) is 0.373. The zero-order chi connectivity index (χ0) is 20.4. The van der Waals surface area contributed by atoms with Crippen LogP contribution in [0, 0.1) is 18.3 Å². The van der Waals surface area contributed by atoms with Gasteiger partial charge in [-0.3, -0.25) is 4.79 Å². The Hall–Kier alpha value is -3.26. The van der Waals surface area contributed by atoms with Crippen molar-refractivity contribution in [2.45, 2.75) is 33.1 Å². The summed E-state index contributed by atoms with van der Waals surface area (Å²) < 4.78 is 11.2. The van der Waals surface area contributed by atoms with Crippen LogP contribution in [0.5, 0.6) is 11.5 Å². The fourth-order valence-electron chi connectivity index (χ4n) is 2.65. The van der Waals surface area contributed by atoms with Crippen LogP contribution in [-0.2, 0) is 4.79 Å². The predicted molar refractivity (Wildman–Crippen MR) is 111 cm³/mol. The minimum atomic E-state index is -0.448. The minimum absolute atomic E-state index is 0.0157. The van der Waals surface area contributed by atoms with Gasteiger partial charge in [-0.05, 0) is 48.7 Å². The van der Waals surface area contributed by atoms with Crippen molar-refractivity contribution in [3.05, 3.63) is 59.2 Å². The molecular weight excluding hydrogens is 352 g/mol. The smallest absolute Gasteiger partial charge is 0.266 e. The Morgan fingerprint density at radius 1 is 1.18 bits per heavy atom. The molecule has 0 atom stereocenters. The molecule has 0 aliphatic rings. The number of unbranched alkanes of at least 4 members (excludes halogenated alkanes) is 2. The predicted octanol–water partition coefficient (Wildman–Crippen LogP) is 5.12. The van der Waals surface area contributed by atoms with Crippen molar-refractivity contribution in [1.29, 1.82) is 5.26 Å². The monoisotopic (exact) mass is 378 g/mol. The van der Waals surface area contributed by atoms with Gasteiger partial charge in [0, 0.05) is 5.69 Å². The molecule has 0 aromatic heterocycles. The molecule has 0 bridgehead atoms. The lowest BCUT2D eigenvalue weighted by Gasteiger charge is -2.11. The summed E-state index contributed by atoms with van der Waals surface area (Å²) in [5.74, 6) is 0.774. The molecule has 5 heteroatoms. The Morgan fingerprint density at radius 2 is 1.96 bits per heavy atom. The summed E-state index contributed by atoms with van der Waals surface area (Å²) in [7, 11) is 1.57. The summed E-state index contributed by atoms with van der Waals surface area (Å²) in [5.41, 5.74) is 2.32. The number of hydrogen-bond acceptors (Lipinski definition) is 4. The Bertz CT molecular complexity index is 882. The molecule has 2 aromatic rings. The fourth-order valence-corrected chi connectivity index (χ4v) is 2.65. The van der Waals surface area contributed by atoms with E-state index in [2.05, 4.69) is 12.2 Å². The lowest BCUT2D eigenvalue weighted by atomic mass is 10.1. The number of hydrogen-bond donors (Lipinski definition) is 1. The van der Waals surface area contributed by atoms with Crippen molar-refractivity contribution >= 4 is 17.7 Å². The number of amides is 1. The van der Waals surface area contributed by atoms with Gasteiger partial charge in [-0.1, -0.05) is 44.0 Å². The van der Waals surface area contributed by atoms with Crippen LogP contribution in [0.2, 0.25) is 0 Å². The number of anilines is 1. The van der Waals surface area contributed by atoms with Crippen molar-refractivity contribution in [2.75, 3.05) is 19.0 Å². The number of para-hydroxylation sites is 1. The first-order valence-electron chi connectivity index (χ1n) is 9.38. The molecule has 0 saturated carbocycles. The maximum Gasteiger partial charge on any atom is 0.266 e. The third-order valence-corrected chi connectivity index (χ3v) is 4.26. The first-order valence-corrected chi connectivity index (χ1v) is 9.38. The van der Waals surface area contributed by atoms with E-state index in [-0.39, 0.29) is 5.57 Å². The van der Waals surface area contributed by atoms with Gasteiger partial charge in [0.2, 0.25) is 0 Å². The number of carbonyl (C=O) groups is 1. The lowest BCUT2D eigenvalue weighted by Crippen LogP contribution is -2.14. The highest BCUT2D eigenvalue weighted by atomic mass is 16.5. The summed E-state index contributed by atoms with van der Waals surface area (Å²) in [5, 5.41) is 12.2. The van der Waals surface area contributed by atoms with Crippen molar-refractivity contribution in [3.8, 4) is 17.6 Å². The van der Waals surface area contributed by atoms with Crippen LogP contribution >= 0.6 is 0 Å². The van der Waals surface area contributed by atoms with E-state index in [1.165, 1.54) is 6.08 Å². The highest BCUT2D eigenvalue weighted by molar-refractivity contribution is 6.10. The molecule has 0 fully saturated rings. The number of benzene rings is 2. The third-order valence-electron chi connectivity index (χ3n) is 4.26. The first kappa shape index (κ1) is 21.0. The van der Waals surface area contributed by atoms with Gasteiger partial charge in [-0.25, -0.2) is 0 Å². The molecule has 2 aromatic carbocycles. The van der Waals surface area contributed by atoms with Crippen molar-refractivity contribution in [1.82, 2.24) is 0 Å². The molecule has 1 amide bonds. The molecule has 0 aliphatic carbocycles. The molecule has 0 radical (unpaired) electrons. The topological polar surface area (TPSA) is 71.3 Å². The van der Waals surface area contributed by atoms with Gasteiger partial charge in [-0.2, -0.15) is 5.26 Å². The maximum absolute atomic E-state index is 12.5. The molecular formula is C23H26N2O3.